The number of rotatable bonds is 9. The van der Waals surface area contributed by atoms with Crippen LogP contribution in [0.15, 0.2) is 34.2 Å². The zero-order chi connectivity index (χ0) is 22.5. The second-order valence-electron chi connectivity index (χ2n) is 7.73. The molecule has 9 nitrogen and oxygen atoms in total. The van der Waals surface area contributed by atoms with Crippen molar-refractivity contribution in [2.45, 2.75) is 64.3 Å². The normalized spacial score (nSPS) is 12.4. The highest BCUT2D eigenvalue weighted by Gasteiger charge is 2.18. The minimum absolute atomic E-state index is 0.0264. The van der Waals surface area contributed by atoms with Crippen LogP contribution < -0.4 is 16.2 Å². The number of nitrogens with zero attached hydrogens (tertiary/aromatic N) is 4. The molecule has 31 heavy (non-hydrogen) atoms. The lowest BCUT2D eigenvalue weighted by molar-refractivity contribution is -0.122. The fourth-order valence-corrected chi connectivity index (χ4v) is 3.94. The molecule has 1 atom stereocenters. The van der Waals surface area contributed by atoms with Gasteiger partial charge in [-0.2, -0.15) is 0 Å². The summed E-state index contributed by atoms with van der Waals surface area (Å²) in [6.45, 7) is 7.92. The first-order valence-electron chi connectivity index (χ1n) is 10.4. The van der Waals surface area contributed by atoms with Gasteiger partial charge >= 0.3 is 0 Å². The van der Waals surface area contributed by atoms with Gasteiger partial charge in [-0.25, -0.2) is 0 Å². The number of thioether (sulfide) groups is 1. The molecule has 1 unspecified atom stereocenters. The summed E-state index contributed by atoms with van der Waals surface area (Å²) in [4.78, 5) is 37.4. The molecule has 0 radical (unpaired) electrons. The van der Waals surface area contributed by atoms with Gasteiger partial charge in [-0.15, -0.1) is 10.2 Å². The van der Waals surface area contributed by atoms with Gasteiger partial charge in [0.25, 0.3) is 5.56 Å². The molecular weight excluding hydrogens is 416 g/mol. The van der Waals surface area contributed by atoms with Gasteiger partial charge in [0.05, 0.1) is 16.7 Å². The Morgan fingerprint density at radius 2 is 1.84 bits per heavy atom. The number of para-hydroxylation sites is 1. The average molecular weight is 445 g/mol. The van der Waals surface area contributed by atoms with Crippen LogP contribution in [0.3, 0.4) is 0 Å². The van der Waals surface area contributed by atoms with Gasteiger partial charge in [0.1, 0.15) is 0 Å². The molecular formula is C21H28N6O3S. The highest BCUT2D eigenvalue weighted by molar-refractivity contribution is 7.99. The van der Waals surface area contributed by atoms with Gasteiger partial charge in [-0.3, -0.25) is 23.4 Å². The lowest BCUT2D eigenvalue weighted by atomic mass is 10.2. The molecule has 3 aromatic rings. The molecule has 3 rings (SSSR count). The first-order chi connectivity index (χ1) is 14.8. The van der Waals surface area contributed by atoms with Gasteiger partial charge in [0.15, 0.2) is 5.16 Å². The maximum absolute atomic E-state index is 13.1. The first-order valence-corrected chi connectivity index (χ1v) is 11.4. The van der Waals surface area contributed by atoms with E-state index in [4.69, 9.17) is 0 Å². The predicted octanol–water partition coefficient (Wildman–Crippen LogP) is 1.97. The van der Waals surface area contributed by atoms with Crippen LogP contribution in [0.25, 0.3) is 16.7 Å². The van der Waals surface area contributed by atoms with Crippen LogP contribution >= 0.6 is 11.8 Å². The van der Waals surface area contributed by atoms with Crippen molar-refractivity contribution in [3.8, 4) is 0 Å². The van der Waals surface area contributed by atoms with Crippen LogP contribution in [-0.2, 0) is 16.1 Å². The molecule has 0 fully saturated rings. The van der Waals surface area contributed by atoms with Crippen molar-refractivity contribution in [3.63, 3.8) is 0 Å². The minimum Gasteiger partial charge on any atom is -0.354 e. The smallest absolute Gasteiger partial charge is 0.262 e. The number of benzene rings is 1. The van der Waals surface area contributed by atoms with Crippen molar-refractivity contribution in [1.29, 1.82) is 0 Å². The second-order valence-corrected chi connectivity index (χ2v) is 8.67. The summed E-state index contributed by atoms with van der Waals surface area (Å²) in [7, 11) is 0. The Bertz CT molecular complexity index is 1150. The lowest BCUT2D eigenvalue weighted by Crippen LogP contribution is -2.33. The maximum Gasteiger partial charge on any atom is 0.262 e. The van der Waals surface area contributed by atoms with Crippen molar-refractivity contribution >= 4 is 40.3 Å². The van der Waals surface area contributed by atoms with Crippen molar-refractivity contribution in [1.82, 2.24) is 29.8 Å². The summed E-state index contributed by atoms with van der Waals surface area (Å²) < 4.78 is 3.25. The Morgan fingerprint density at radius 3 is 2.55 bits per heavy atom. The molecule has 166 valence electrons. The number of hydrogen-bond acceptors (Lipinski definition) is 6. The quantitative estimate of drug-likeness (QED) is 0.488. The number of hydrogen-bond donors (Lipinski definition) is 2. The van der Waals surface area contributed by atoms with Crippen LogP contribution in [0.5, 0.6) is 0 Å². The Kier molecular flexibility index (Phi) is 7.32. The van der Waals surface area contributed by atoms with E-state index in [-0.39, 0.29) is 48.2 Å². The minimum atomic E-state index is -0.223. The monoisotopic (exact) mass is 444 g/mol. The number of nitrogens with one attached hydrogen (secondary N) is 2. The molecule has 0 aliphatic rings. The molecule has 0 spiro atoms. The van der Waals surface area contributed by atoms with Gasteiger partial charge in [-0.1, -0.05) is 30.8 Å². The van der Waals surface area contributed by atoms with Crippen molar-refractivity contribution in [2.75, 3.05) is 5.75 Å². The highest BCUT2D eigenvalue weighted by Crippen LogP contribution is 2.21. The third-order valence-corrected chi connectivity index (χ3v) is 5.77. The van der Waals surface area contributed by atoms with E-state index in [1.807, 2.05) is 39.8 Å². The number of amides is 2. The van der Waals surface area contributed by atoms with E-state index < -0.39 is 0 Å². The largest absolute Gasteiger partial charge is 0.354 e. The van der Waals surface area contributed by atoms with Crippen LogP contribution in [0, 0.1) is 0 Å². The van der Waals surface area contributed by atoms with E-state index in [1.165, 1.54) is 16.3 Å². The fourth-order valence-electron chi connectivity index (χ4n) is 3.18. The predicted molar refractivity (Wildman–Crippen MR) is 121 cm³/mol. The van der Waals surface area contributed by atoms with E-state index in [1.54, 1.807) is 16.5 Å². The van der Waals surface area contributed by atoms with Crippen molar-refractivity contribution < 1.29 is 9.59 Å². The molecule has 2 aromatic heterocycles. The van der Waals surface area contributed by atoms with E-state index in [2.05, 4.69) is 20.8 Å². The Morgan fingerprint density at radius 1 is 1.10 bits per heavy atom. The molecule has 0 saturated heterocycles. The van der Waals surface area contributed by atoms with E-state index in [0.29, 0.717) is 21.8 Å². The summed E-state index contributed by atoms with van der Waals surface area (Å²) >= 11 is 1.26. The van der Waals surface area contributed by atoms with E-state index in [0.717, 1.165) is 6.42 Å². The molecule has 0 saturated carbocycles. The number of aromatic nitrogens is 4. The van der Waals surface area contributed by atoms with E-state index in [9.17, 15) is 14.4 Å². The zero-order valence-corrected chi connectivity index (χ0v) is 19.0. The summed E-state index contributed by atoms with van der Waals surface area (Å²) in [5.74, 6) is 0.323. The van der Waals surface area contributed by atoms with E-state index >= 15 is 0 Å². The molecule has 1 aromatic carbocycles. The first kappa shape index (κ1) is 22.8. The number of fused-ring (bicyclic) bond motifs is 3. The van der Waals surface area contributed by atoms with Gasteiger partial charge < -0.3 is 10.6 Å². The standard InChI is InChI=1S/C21H28N6O3S/c1-5-14(4)23-18(29)12-31-21-25-24-20-26(11-10-17(28)22-13(2)3)19(30)15-8-6-7-9-16(15)27(20)21/h6-9,13-14H,5,10-12H2,1-4H3,(H,22,28)(H,23,29). The summed E-state index contributed by atoms with van der Waals surface area (Å²) in [5.41, 5.74) is 0.444. The molecule has 0 bridgehead atoms. The highest BCUT2D eigenvalue weighted by atomic mass is 32.2. The Balaban J connectivity index is 1.96. The molecule has 2 heterocycles. The second kappa shape index (κ2) is 9.95. The molecule has 2 N–H and O–H groups in total. The Labute approximate surface area is 184 Å². The van der Waals surface area contributed by atoms with Crippen LogP contribution in [0.4, 0.5) is 0 Å². The fraction of sp³-hybridized carbons (Fsp3) is 0.476. The molecule has 0 aliphatic carbocycles. The average Bonchev–Trinajstić information content (AvgIpc) is 3.15. The third-order valence-electron chi connectivity index (χ3n) is 4.84. The summed E-state index contributed by atoms with van der Waals surface area (Å²) in [6, 6.07) is 7.33. The number of carbonyl (C=O) groups excluding carboxylic acids is 2. The van der Waals surface area contributed by atoms with Crippen molar-refractivity contribution in [3.05, 3.63) is 34.6 Å². The van der Waals surface area contributed by atoms with Gasteiger partial charge in [0, 0.05) is 25.0 Å². The van der Waals surface area contributed by atoms with Gasteiger partial charge in [-0.05, 0) is 39.3 Å². The van der Waals surface area contributed by atoms with Crippen LogP contribution in [0.1, 0.15) is 40.5 Å². The number of carbonyl (C=O) groups is 2. The lowest BCUT2D eigenvalue weighted by Gasteiger charge is -2.13. The zero-order valence-electron chi connectivity index (χ0n) is 18.2. The molecule has 10 heteroatoms. The Hall–Kier alpha value is -2.88. The number of aryl methyl sites for hydroxylation is 1. The summed E-state index contributed by atoms with van der Waals surface area (Å²) in [6.07, 6.45) is 1.00. The molecule has 0 aliphatic heterocycles. The SMILES string of the molecule is CCC(C)NC(=O)CSc1nnc2n(CCC(=O)NC(C)C)c(=O)c3ccccc3n12. The van der Waals surface area contributed by atoms with Crippen LogP contribution in [-0.4, -0.2) is 48.8 Å². The van der Waals surface area contributed by atoms with Gasteiger partial charge in [0.2, 0.25) is 17.6 Å². The topological polar surface area (TPSA) is 110 Å². The van der Waals surface area contributed by atoms with Crippen LogP contribution in [0.2, 0.25) is 0 Å². The molecule has 2 amide bonds. The third kappa shape index (κ3) is 5.25. The summed E-state index contributed by atoms with van der Waals surface area (Å²) in [5, 5.41) is 15.2. The maximum atomic E-state index is 13.1. The van der Waals surface area contributed by atoms with Crippen molar-refractivity contribution in [2.24, 2.45) is 0 Å².